The van der Waals surface area contributed by atoms with Gasteiger partial charge in [-0.1, -0.05) is 20.8 Å². The molecule has 0 rings (SSSR count). The number of carbonyl (C=O) groups excluding carboxylic acids is 1. The highest BCUT2D eigenvalue weighted by atomic mass is 16.5. The van der Waals surface area contributed by atoms with Crippen molar-refractivity contribution in [3.63, 3.8) is 0 Å². The number of rotatable bonds is 8. The van der Waals surface area contributed by atoms with Crippen LogP contribution in [0.5, 0.6) is 0 Å². The first-order valence-electron chi connectivity index (χ1n) is 6.05. The van der Waals surface area contributed by atoms with Crippen molar-refractivity contribution < 1.29 is 9.53 Å². The van der Waals surface area contributed by atoms with Crippen LogP contribution >= 0.6 is 0 Å². The van der Waals surface area contributed by atoms with Crippen LogP contribution in [0.3, 0.4) is 0 Å². The second-order valence-corrected chi connectivity index (χ2v) is 3.91. The zero-order chi connectivity index (χ0) is 11.7. The summed E-state index contributed by atoms with van der Waals surface area (Å²) in [6, 6.07) is 0. The topological polar surface area (TPSA) is 29.5 Å². The molecule has 0 spiro atoms. The molecule has 0 saturated carbocycles. The second kappa shape index (κ2) is 8.72. The standard InChI is InChI=1S/C12H25NO2/c1-5-8-13(9-6-2)12(14)10-15-11(4)7-3/h11H,5-10H2,1-4H3. The van der Waals surface area contributed by atoms with E-state index in [1.165, 1.54) is 0 Å². The van der Waals surface area contributed by atoms with Crippen molar-refractivity contribution in [1.82, 2.24) is 4.90 Å². The molecule has 1 amide bonds. The fourth-order valence-electron chi connectivity index (χ4n) is 1.32. The molecule has 0 aliphatic heterocycles. The third kappa shape index (κ3) is 6.50. The monoisotopic (exact) mass is 215 g/mol. The van der Waals surface area contributed by atoms with E-state index in [1.807, 2.05) is 11.8 Å². The van der Waals surface area contributed by atoms with Gasteiger partial charge in [0.15, 0.2) is 0 Å². The first-order chi connectivity index (χ1) is 7.15. The molecule has 3 nitrogen and oxygen atoms in total. The quantitative estimate of drug-likeness (QED) is 0.622. The van der Waals surface area contributed by atoms with E-state index in [0.29, 0.717) is 0 Å². The summed E-state index contributed by atoms with van der Waals surface area (Å²) in [7, 11) is 0. The molecule has 0 heterocycles. The number of nitrogens with zero attached hydrogens (tertiary/aromatic N) is 1. The molecule has 90 valence electrons. The van der Waals surface area contributed by atoms with E-state index in [-0.39, 0.29) is 18.6 Å². The minimum Gasteiger partial charge on any atom is -0.369 e. The summed E-state index contributed by atoms with van der Waals surface area (Å²) >= 11 is 0. The Labute approximate surface area is 93.8 Å². The summed E-state index contributed by atoms with van der Waals surface area (Å²) in [5, 5.41) is 0. The molecule has 0 aliphatic carbocycles. The summed E-state index contributed by atoms with van der Waals surface area (Å²) in [6.07, 6.45) is 3.15. The molecule has 0 aromatic carbocycles. The highest BCUT2D eigenvalue weighted by Gasteiger charge is 2.12. The Bertz CT molecular complexity index is 165. The zero-order valence-corrected chi connectivity index (χ0v) is 10.6. The first kappa shape index (κ1) is 14.4. The molecule has 0 bridgehead atoms. The average molecular weight is 215 g/mol. The highest BCUT2D eigenvalue weighted by Crippen LogP contribution is 2.00. The number of carbonyl (C=O) groups is 1. The molecule has 0 fully saturated rings. The fourth-order valence-corrected chi connectivity index (χ4v) is 1.32. The predicted molar refractivity (Wildman–Crippen MR) is 62.9 cm³/mol. The van der Waals surface area contributed by atoms with Gasteiger partial charge in [-0.3, -0.25) is 4.79 Å². The maximum Gasteiger partial charge on any atom is 0.248 e. The Kier molecular flexibility index (Phi) is 8.38. The van der Waals surface area contributed by atoms with E-state index >= 15 is 0 Å². The molecule has 3 heteroatoms. The van der Waals surface area contributed by atoms with E-state index in [2.05, 4.69) is 20.8 Å². The van der Waals surface area contributed by atoms with Crippen molar-refractivity contribution in [1.29, 1.82) is 0 Å². The SMILES string of the molecule is CCCN(CCC)C(=O)COC(C)CC. The van der Waals surface area contributed by atoms with Crippen LogP contribution in [-0.2, 0) is 9.53 Å². The minimum absolute atomic E-state index is 0.124. The molecule has 15 heavy (non-hydrogen) atoms. The highest BCUT2D eigenvalue weighted by molar-refractivity contribution is 5.77. The van der Waals surface area contributed by atoms with Gasteiger partial charge in [-0.2, -0.15) is 0 Å². The van der Waals surface area contributed by atoms with Crippen LogP contribution in [0.25, 0.3) is 0 Å². The maximum atomic E-state index is 11.7. The number of hydrogen-bond acceptors (Lipinski definition) is 2. The van der Waals surface area contributed by atoms with Crippen molar-refractivity contribution >= 4 is 5.91 Å². The van der Waals surface area contributed by atoms with Crippen molar-refractivity contribution in [3.8, 4) is 0 Å². The zero-order valence-electron chi connectivity index (χ0n) is 10.6. The van der Waals surface area contributed by atoms with E-state index in [4.69, 9.17) is 4.74 Å². The van der Waals surface area contributed by atoms with Crippen LogP contribution in [0.15, 0.2) is 0 Å². The van der Waals surface area contributed by atoms with Gasteiger partial charge in [0.05, 0.1) is 6.10 Å². The van der Waals surface area contributed by atoms with Crippen molar-refractivity contribution in [3.05, 3.63) is 0 Å². The Morgan fingerprint density at radius 3 is 2.13 bits per heavy atom. The van der Waals surface area contributed by atoms with E-state index < -0.39 is 0 Å². The second-order valence-electron chi connectivity index (χ2n) is 3.91. The smallest absolute Gasteiger partial charge is 0.248 e. The van der Waals surface area contributed by atoms with Gasteiger partial charge in [0.2, 0.25) is 5.91 Å². The molecule has 0 aromatic heterocycles. The molecule has 0 saturated heterocycles. The summed E-state index contributed by atoms with van der Waals surface area (Å²) < 4.78 is 5.44. The number of ether oxygens (including phenoxy) is 1. The lowest BCUT2D eigenvalue weighted by Crippen LogP contribution is -2.36. The fraction of sp³-hybridized carbons (Fsp3) is 0.917. The molecule has 1 unspecified atom stereocenters. The van der Waals surface area contributed by atoms with Crippen molar-refractivity contribution in [2.45, 2.75) is 53.1 Å². The molecular formula is C12H25NO2. The normalized spacial score (nSPS) is 12.5. The lowest BCUT2D eigenvalue weighted by molar-refractivity contribution is -0.138. The van der Waals surface area contributed by atoms with E-state index in [9.17, 15) is 4.79 Å². The largest absolute Gasteiger partial charge is 0.369 e. The molecule has 0 aliphatic rings. The van der Waals surface area contributed by atoms with Gasteiger partial charge >= 0.3 is 0 Å². The summed E-state index contributed by atoms with van der Waals surface area (Å²) in [6.45, 7) is 10.2. The van der Waals surface area contributed by atoms with Crippen LogP contribution in [0.2, 0.25) is 0 Å². The van der Waals surface area contributed by atoms with Gasteiger partial charge in [-0.05, 0) is 26.2 Å². The summed E-state index contributed by atoms with van der Waals surface area (Å²) in [5.41, 5.74) is 0. The van der Waals surface area contributed by atoms with Crippen LogP contribution in [0, 0.1) is 0 Å². The van der Waals surface area contributed by atoms with Gasteiger partial charge in [0, 0.05) is 13.1 Å². The molecule has 1 atom stereocenters. The maximum absolute atomic E-state index is 11.7. The third-order valence-electron chi connectivity index (χ3n) is 2.41. The Morgan fingerprint density at radius 2 is 1.73 bits per heavy atom. The first-order valence-corrected chi connectivity index (χ1v) is 6.05. The summed E-state index contributed by atoms with van der Waals surface area (Å²) in [5.74, 6) is 0.124. The molecule has 0 aromatic rings. The lowest BCUT2D eigenvalue weighted by atomic mass is 10.3. The average Bonchev–Trinajstić information content (AvgIpc) is 2.25. The third-order valence-corrected chi connectivity index (χ3v) is 2.41. The van der Waals surface area contributed by atoms with Gasteiger partial charge in [0.1, 0.15) is 6.61 Å². The van der Waals surface area contributed by atoms with Crippen LogP contribution in [0.4, 0.5) is 0 Å². The lowest BCUT2D eigenvalue weighted by Gasteiger charge is -2.22. The van der Waals surface area contributed by atoms with Gasteiger partial charge in [-0.15, -0.1) is 0 Å². The Morgan fingerprint density at radius 1 is 1.20 bits per heavy atom. The number of hydrogen-bond donors (Lipinski definition) is 0. The summed E-state index contributed by atoms with van der Waals surface area (Å²) in [4.78, 5) is 13.6. The van der Waals surface area contributed by atoms with Crippen LogP contribution < -0.4 is 0 Å². The minimum atomic E-state index is 0.124. The van der Waals surface area contributed by atoms with Gasteiger partial charge < -0.3 is 9.64 Å². The van der Waals surface area contributed by atoms with Gasteiger partial charge in [-0.25, -0.2) is 0 Å². The molecular weight excluding hydrogens is 190 g/mol. The predicted octanol–water partition coefficient (Wildman–Crippen LogP) is 2.45. The Hall–Kier alpha value is -0.570. The van der Waals surface area contributed by atoms with Gasteiger partial charge in [0.25, 0.3) is 0 Å². The van der Waals surface area contributed by atoms with E-state index in [0.717, 1.165) is 32.4 Å². The Balaban J connectivity index is 3.90. The van der Waals surface area contributed by atoms with Crippen molar-refractivity contribution in [2.24, 2.45) is 0 Å². The number of amides is 1. The van der Waals surface area contributed by atoms with Crippen molar-refractivity contribution in [2.75, 3.05) is 19.7 Å². The molecule has 0 N–H and O–H groups in total. The van der Waals surface area contributed by atoms with Crippen LogP contribution in [-0.4, -0.2) is 36.6 Å². The van der Waals surface area contributed by atoms with E-state index in [1.54, 1.807) is 0 Å². The van der Waals surface area contributed by atoms with Crippen LogP contribution in [0.1, 0.15) is 47.0 Å². The molecule has 0 radical (unpaired) electrons.